The van der Waals surface area contributed by atoms with E-state index in [1.165, 1.54) is 12.4 Å². The second kappa shape index (κ2) is 8.36. The molecule has 0 bridgehead atoms. The Kier molecular flexibility index (Phi) is 5.48. The molecule has 0 N–H and O–H groups in total. The molecule has 1 aliphatic rings. The van der Waals surface area contributed by atoms with Crippen LogP contribution in [0.25, 0.3) is 11.3 Å². The highest BCUT2D eigenvalue weighted by atomic mass is 35.5. The van der Waals surface area contributed by atoms with Crippen molar-refractivity contribution in [3.8, 4) is 22.9 Å². The Hall–Kier alpha value is -3.33. The van der Waals surface area contributed by atoms with E-state index in [9.17, 15) is 10.1 Å². The van der Waals surface area contributed by atoms with Crippen molar-refractivity contribution in [1.82, 2.24) is 20.2 Å². The average Bonchev–Trinajstić information content (AvgIpc) is 2.75. The van der Waals surface area contributed by atoms with Crippen molar-refractivity contribution in [2.75, 3.05) is 18.0 Å². The fourth-order valence-corrected chi connectivity index (χ4v) is 3.39. The Morgan fingerprint density at radius 2 is 1.83 bits per heavy atom. The summed E-state index contributed by atoms with van der Waals surface area (Å²) in [5, 5.41) is 19.9. The zero-order chi connectivity index (χ0) is 20.2. The molecule has 0 saturated carbocycles. The van der Waals surface area contributed by atoms with Gasteiger partial charge in [0.15, 0.2) is 10.9 Å². The lowest BCUT2D eigenvalue weighted by Gasteiger charge is -2.27. The summed E-state index contributed by atoms with van der Waals surface area (Å²) in [7, 11) is 0. The molecule has 9 nitrogen and oxygen atoms in total. The Bertz CT molecular complexity index is 1030. The summed E-state index contributed by atoms with van der Waals surface area (Å²) in [5.74, 6) is 0.323. The molecule has 148 valence electrons. The van der Waals surface area contributed by atoms with Gasteiger partial charge in [0.1, 0.15) is 12.0 Å². The first-order valence-corrected chi connectivity index (χ1v) is 9.52. The van der Waals surface area contributed by atoms with Crippen LogP contribution in [0.2, 0.25) is 5.15 Å². The fraction of sp³-hybridized carbons (Fsp3) is 0.263. The van der Waals surface area contributed by atoms with E-state index in [0.29, 0.717) is 18.8 Å². The Morgan fingerprint density at radius 3 is 2.55 bits per heavy atom. The number of hydrogen-bond donors (Lipinski definition) is 0. The van der Waals surface area contributed by atoms with Crippen LogP contribution in [0.3, 0.4) is 0 Å². The lowest BCUT2D eigenvalue weighted by atomic mass is 10.1. The zero-order valence-corrected chi connectivity index (χ0v) is 16.1. The maximum atomic E-state index is 11.9. The van der Waals surface area contributed by atoms with Gasteiger partial charge in [-0.05, 0) is 19.3 Å². The van der Waals surface area contributed by atoms with Gasteiger partial charge < -0.3 is 9.64 Å². The molecule has 1 aromatic carbocycles. The Morgan fingerprint density at radius 1 is 1.07 bits per heavy atom. The SMILES string of the molecule is O=[N+]([O-])c1c(Oc2cc(Cl)nnc2-c2ccccc2)ncnc1N1CCCCC1. The number of nitro groups is 1. The highest BCUT2D eigenvalue weighted by Crippen LogP contribution is 2.39. The molecule has 3 heterocycles. The van der Waals surface area contributed by atoms with Crippen molar-refractivity contribution in [2.45, 2.75) is 19.3 Å². The number of nitrogens with zero attached hydrogens (tertiary/aromatic N) is 6. The molecule has 0 atom stereocenters. The summed E-state index contributed by atoms with van der Waals surface area (Å²) in [6.07, 6.45) is 4.28. The number of benzene rings is 1. The van der Waals surface area contributed by atoms with Crippen LogP contribution in [-0.4, -0.2) is 38.2 Å². The minimum atomic E-state index is -0.516. The first-order valence-electron chi connectivity index (χ1n) is 9.14. The topological polar surface area (TPSA) is 107 Å². The molecule has 4 rings (SSSR count). The van der Waals surface area contributed by atoms with Crippen molar-refractivity contribution in [3.05, 3.63) is 58.0 Å². The second-order valence-electron chi connectivity index (χ2n) is 6.50. The van der Waals surface area contributed by atoms with Gasteiger partial charge in [-0.1, -0.05) is 41.9 Å². The largest absolute Gasteiger partial charge is 0.431 e. The molecular formula is C19H17ClN6O3. The van der Waals surface area contributed by atoms with E-state index >= 15 is 0 Å². The number of rotatable bonds is 5. The van der Waals surface area contributed by atoms with Crippen molar-refractivity contribution < 1.29 is 9.66 Å². The van der Waals surface area contributed by atoms with Crippen LogP contribution in [0.4, 0.5) is 11.5 Å². The van der Waals surface area contributed by atoms with Gasteiger partial charge in [0.25, 0.3) is 0 Å². The molecule has 1 aliphatic heterocycles. The molecule has 0 aliphatic carbocycles. The number of halogens is 1. The van der Waals surface area contributed by atoms with Crippen LogP contribution in [0.1, 0.15) is 19.3 Å². The first kappa shape index (κ1) is 19.0. The average molecular weight is 413 g/mol. The van der Waals surface area contributed by atoms with E-state index in [1.807, 2.05) is 35.2 Å². The van der Waals surface area contributed by atoms with Crippen molar-refractivity contribution in [2.24, 2.45) is 0 Å². The van der Waals surface area contributed by atoms with Crippen LogP contribution in [-0.2, 0) is 0 Å². The summed E-state index contributed by atoms with van der Waals surface area (Å²) in [6.45, 7) is 1.41. The molecule has 0 radical (unpaired) electrons. The third-order valence-electron chi connectivity index (χ3n) is 4.59. The lowest BCUT2D eigenvalue weighted by molar-refractivity contribution is -0.385. The summed E-state index contributed by atoms with van der Waals surface area (Å²) < 4.78 is 5.86. The standard InChI is InChI=1S/C19H17ClN6O3/c20-15-11-14(16(24-23-15)13-7-3-1-4-8-13)29-19-17(26(27)28)18(21-12-22-19)25-9-5-2-6-10-25/h1,3-4,7-8,11-12H,2,5-6,9-10H2. The third-order valence-corrected chi connectivity index (χ3v) is 4.78. The first-order chi connectivity index (χ1) is 14.1. The molecular weight excluding hydrogens is 396 g/mol. The molecule has 0 unspecified atom stereocenters. The minimum absolute atomic E-state index is 0.104. The van der Waals surface area contributed by atoms with Crippen LogP contribution in [0.15, 0.2) is 42.7 Å². The van der Waals surface area contributed by atoms with E-state index in [1.54, 1.807) is 0 Å². The smallest absolute Gasteiger partial charge is 0.373 e. The quantitative estimate of drug-likeness (QED) is 0.451. The van der Waals surface area contributed by atoms with Gasteiger partial charge in [0, 0.05) is 24.7 Å². The van der Waals surface area contributed by atoms with Crippen LogP contribution >= 0.6 is 11.6 Å². The van der Waals surface area contributed by atoms with E-state index in [4.69, 9.17) is 16.3 Å². The number of anilines is 1. The Balaban J connectivity index is 1.77. The monoisotopic (exact) mass is 412 g/mol. The molecule has 3 aromatic rings. The minimum Gasteiger partial charge on any atom is -0.431 e. The zero-order valence-electron chi connectivity index (χ0n) is 15.4. The Labute approximate surface area is 171 Å². The highest BCUT2D eigenvalue weighted by Gasteiger charge is 2.30. The summed E-state index contributed by atoms with van der Waals surface area (Å²) in [6, 6.07) is 10.7. The van der Waals surface area contributed by atoms with Crippen LogP contribution < -0.4 is 9.64 Å². The van der Waals surface area contributed by atoms with E-state index in [2.05, 4.69) is 20.2 Å². The van der Waals surface area contributed by atoms with Crippen molar-refractivity contribution in [1.29, 1.82) is 0 Å². The molecule has 0 amide bonds. The number of hydrogen-bond acceptors (Lipinski definition) is 8. The van der Waals surface area contributed by atoms with Gasteiger partial charge >= 0.3 is 11.6 Å². The van der Waals surface area contributed by atoms with Gasteiger partial charge in [-0.25, -0.2) is 4.98 Å². The molecule has 0 spiro atoms. The maximum absolute atomic E-state index is 11.9. The predicted octanol–water partition coefficient (Wildman–Crippen LogP) is 4.28. The highest BCUT2D eigenvalue weighted by molar-refractivity contribution is 6.29. The lowest BCUT2D eigenvalue weighted by Crippen LogP contribution is -2.31. The molecule has 29 heavy (non-hydrogen) atoms. The summed E-state index contributed by atoms with van der Waals surface area (Å²) in [4.78, 5) is 21.4. The van der Waals surface area contributed by atoms with E-state index in [-0.39, 0.29) is 28.3 Å². The summed E-state index contributed by atoms with van der Waals surface area (Å²) >= 11 is 6.00. The molecule has 10 heteroatoms. The van der Waals surface area contributed by atoms with Gasteiger partial charge in [0.2, 0.25) is 5.82 Å². The second-order valence-corrected chi connectivity index (χ2v) is 6.89. The van der Waals surface area contributed by atoms with Crippen molar-refractivity contribution >= 4 is 23.1 Å². The predicted molar refractivity (Wildman–Crippen MR) is 107 cm³/mol. The van der Waals surface area contributed by atoms with Crippen LogP contribution in [0.5, 0.6) is 11.6 Å². The van der Waals surface area contributed by atoms with E-state index < -0.39 is 4.92 Å². The fourth-order valence-electron chi connectivity index (χ4n) is 3.26. The number of aromatic nitrogens is 4. The van der Waals surface area contributed by atoms with Crippen molar-refractivity contribution in [3.63, 3.8) is 0 Å². The molecule has 1 fully saturated rings. The summed E-state index contributed by atoms with van der Waals surface area (Å²) in [5.41, 5.74) is 0.864. The molecule has 1 saturated heterocycles. The van der Waals surface area contributed by atoms with Gasteiger partial charge in [-0.2, -0.15) is 4.98 Å². The van der Waals surface area contributed by atoms with Gasteiger partial charge in [-0.15, -0.1) is 10.2 Å². The number of ether oxygens (including phenoxy) is 1. The van der Waals surface area contributed by atoms with E-state index in [0.717, 1.165) is 24.8 Å². The number of piperidine rings is 1. The third kappa shape index (κ3) is 4.09. The molecule has 2 aromatic heterocycles. The van der Waals surface area contributed by atoms with Gasteiger partial charge in [0.05, 0.1) is 4.92 Å². The maximum Gasteiger partial charge on any atom is 0.373 e. The normalized spacial score (nSPS) is 13.9. The van der Waals surface area contributed by atoms with Gasteiger partial charge in [-0.3, -0.25) is 10.1 Å². The van der Waals surface area contributed by atoms with Crippen LogP contribution in [0, 0.1) is 10.1 Å².